The molecule has 0 bridgehead atoms. The van der Waals surface area contributed by atoms with Crippen LogP contribution in [0.1, 0.15) is 34.8 Å². The summed E-state index contributed by atoms with van der Waals surface area (Å²) in [4.78, 5) is 29.8. The molecule has 25 heavy (non-hydrogen) atoms. The second-order valence-corrected chi connectivity index (χ2v) is 6.20. The van der Waals surface area contributed by atoms with E-state index in [-0.39, 0.29) is 17.5 Å². The first kappa shape index (κ1) is 15.4. The summed E-state index contributed by atoms with van der Waals surface area (Å²) in [5, 5.41) is 4.19. The van der Waals surface area contributed by atoms with Crippen LogP contribution in [0.25, 0.3) is 11.5 Å². The van der Waals surface area contributed by atoms with Crippen LogP contribution >= 0.6 is 0 Å². The Morgan fingerprint density at radius 2 is 2.24 bits per heavy atom. The summed E-state index contributed by atoms with van der Waals surface area (Å²) < 4.78 is 7.00. The first-order chi connectivity index (χ1) is 12.1. The number of pyridine rings is 1. The average Bonchev–Trinajstić information content (AvgIpc) is 3.35. The minimum atomic E-state index is -0.407. The SMILES string of the molecule is Cn1cc([C@H]2CCCN2C(=O)c2ccc(-c3ccco3)[nH]c2=O)cn1. The standard InChI is InChI=1S/C18H18N4O3/c1-21-11-12(10-19-21)15-4-2-8-22(15)18(24)13-6-7-14(20-17(13)23)16-5-3-9-25-16/h3,5-7,9-11,15H,2,4,8H2,1H3,(H,20,23)/t15-/m1/s1. The van der Waals surface area contributed by atoms with Gasteiger partial charge in [-0.2, -0.15) is 5.10 Å². The summed E-state index contributed by atoms with van der Waals surface area (Å²) in [6, 6.07) is 6.73. The zero-order valence-electron chi connectivity index (χ0n) is 13.8. The van der Waals surface area contributed by atoms with Crippen molar-refractivity contribution in [1.29, 1.82) is 0 Å². The number of H-pyrrole nitrogens is 1. The number of likely N-dealkylation sites (tertiary alicyclic amines) is 1. The molecule has 0 radical (unpaired) electrons. The third-order valence-electron chi connectivity index (χ3n) is 4.55. The molecule has 4 rings (SSSR count). The molecule has 3 aromatic heterocycles. The summed E-state index contributed by atoms with van der Waals surface area (Å²) in [6.45, 7) is 0.637. The van der Waals surface area contributed by atoms with Crippen LogP contribution in [0.2, 0.25) is 0 Å². The minimum Gasteiger partial charge on any atom is -0.463 e. The predicted octanol–water partition coefficient (Wildman–Crippen LogP) is 2.35. The topological polar surface area (TPSA) is 84.1 Å². The van der Waals surface area contributed by atoms with E-state index >= 15 is 0 Å². The minimum absolute atomic E-state index is 0.0367. The number of aromatic nitrogens is 3. The van der Waals surface area contributed by atoms with Crippen molar-refractivity contribution in [2.24, 2.45) is 7.05 Å². The Kier molecular flexibility index (Phi) is 3.76. The van der Waals surface area contributed by atoms with E-state index < -0.39 is 5.56 Å². The van der Waals surface area contributed by atoms with E-state index in [4.69, 9.17) is 4.42 Å². The fourth-order valence-corrected chi connectivity index (χ4v) is 3.34. The van der Waals surface area contributed by atoms with Crippen molar-refractivity contribution in [3.05, 3.63) is 64.4 Å². The Morgan fingerprint density at radius 1 is 1.36 bits per heavy atom. The van der Waals surface area contributed by atoms with Crippen LogP contribution in [-0.2, 0) is 7.05 Å². The lowest BCUT2D eigenvalue weighted by Gasteiger charge is -2.23. The van der Waals surface area contributed by atoms with Gasteiger partial charge in [0.2, 0.25) is 0 Å². The number of aryl methyl sites for hydroxylation is 1. The van der Waals surface area contributed by atoms with Gasteiger partial charge < -0.3 is 14.3 Å². The molecule has 0 unspecified atom stereocenters. The van der Waals surface area contributed by atoms with Crippen molar-refractivity contribution in [3.8, 4) is 11.5 Å². The van der Waals surface area contributed by atoms with Crippen LogP contribution < -0.4 is 5.56 Å². The summed E-state index contributed by atoms with van der Waals surface area (Å²) in [6.07, 6.45) is 7.02. The molecule has 7 nitrogen and oxygen atoms in total. The predicted molar refractivity (Wildman–Crippen MR) is 91.0 cm³/mol. The molecule has 1 N–H and O–H groups in total. The molecule has 1 aliphatic heterocycles. The van der Waals surface area contributed by atoms with Crippen molar-refractivity contribution >= 4 is 5.91 Å². The molecule has 4 heterocycles. The Labute approximate surface area is 143 Å². The number of carbonyl (C=O) groups excluding carboxylic acids is 1. The molecule has 0 aromatic carbocycles. The zero-order chi connectivity index (χ0) is 17.4. The normalized spacial score (nSPS) is 17.2. The molecular formula is C18H18N4O3. The molecule has 1 fully saturated rings. The molecule has 1 aliphatic rings. The number of carbonyl (C=O) groups is 1. The van der Waals surface area contributed by atoms with Gasteiger partial charge in [-0.15, -0.1) is 0 Å². The van der Waals surface area contributed by atoms with Gasteiger partial charge in [-0.05, 0) is 37.1 Å². The maximum atomic E-state index is 12.9. The number of nitrogens with one attached hydrogen (secondary N) is 1. The maximum Gasteiger partial charge on any atom is 0.261 e. The lowest BCUT2D eigenvalue weighted by molar-refractivity contribution is 0.0734. The van der Waals surface area contributed by atoms with Crippen molar-refractivity contribution in [2.75, 3.05) is 6.54 Å². The van der Waals surface area contributed by atoms with Crippen LogP contribution in [0.4, 0.5) is 0 Å². The van der Waals surface area contributed by atoms with Gasteiger partial charge in [-0.1, -0.05) is 0 Å². The van der Waals surface area contributed by atoms with E-state index in [1.54, 1.807) is 40.0 Å². The molecule has 1 atom stereocenters. The third-order valence-corrected chi connectivity index (χ3v) is 4.55. The van der Waals surface area contributed by atoms with Crippen LogP contribution in [-0.4, -0.2) is 32.1 Å². The van der Waals surface area contributed by atoms with Crippen molar-refractivity contribution in [3.63, 3.8) is 0 Å². The lowest BCUT2D eigenvalue weighted by Crippen LogP contribution is -2.34. The van der Waals surface area contributed by atoms with Gasteiger partial charge in [0, 0.05) is 25.4 Å². The molecule has 128 valence electrons. The fourth-order valence-electron chi connectivity index (χ4n) is 3.34. The molecule has 0 spiro atoms. The fraction of sp³-hybridized carbons (Fsp3) is 0.278. The number of hydrogen-bond donors (Lipinski definition) is 1. The van der Waals surface area contributed by atoms with Crippen LogP contribution in [0.3, 0.4) is 0 Å². The highest BCUT2D eigenvalue weighted by Gasteiger charge is 2.32. The summed E-state index contributed by atoms with van der Waals surface area (Å²) in [5.74, 6) is 0.309. The van der Waals surface area contributed by atoms with Gasteiger partial charge in [0.05, 0.1) is 24.2 Å². The molecule has 3 aromatic rings. The van der Waals surface area contributed by atoms with Crippen molar-refractivity contribution < 1.29 is 9.21 Å². The number of aromatic amines is 1. The average molecular weight is 338 g/mol. The second-order valence-electron chi connectivity index (χ2n) is 6.20. The zero-order valence-corrected chi connectivity index (χ0v) is 13.8. The number of rotatable bonds is 3. The van der Waals surface area contributed by atoms with Crippen molar-refractivity contribution in [1.82, 2.24) is 19.7 Å². The van der Waals surface area contributed by atoms with Crippen molar-refractivity contribution in [2.45, 2.75) is 18.9 Å². The van der Waals surface area contributed by atoms with E-state index in [1.807, 2.05) is 13.2 Å². The molecule has 1 saturated heterocycles. The quantitative estimate of drug-likeness (QED) is 0.794. The highest BCUT2D eigenvalue weighted by atomic mass is 16.3. The highest BCUT2D eigenvalue weighted by molar-refractivity contribution is 5.94. The van der Waals surface area contributed by atoms with E-state index in [0.717, 1.165) is 18.4 Å². The molecule has 1 amide bonds. The first-order valence-corrected chi connectivity index (χ1v) is 8.20. The van der Waals surface area contributed by atoms with Crippen LogP contribution in [0.15, 0.2) is 52.1 Å². The monoisotopic (exact) mass is 338 g/mol. The van der Waals surface area contributed by atoms with E-state index in [9.17, 15) is 9.59 Å². The summed E-state index contributed by atoms with van der Waals surface area (Å²) >= 11 is 0. The molecular weight excluding hydrogens is 320 g/mol. The van der Waals surface area contributed by atoms with Gasteiger partial charge in [0.25, 0.3) is 11.5 Å². The van der Waals surface area contributed by atoms with E-state index in [0.29, 0.717) is 18.0 Å². The largest absolute Gasteiger partial charge is 0.463 e. The Balaban J connectivity index is 1.63. The summed E-state index contributed by atoms with van der Waals surface area (Å²) in [5.41, 5.74) is 1.29. The molecule has 0 aliphatic carbocycles. The van der Waals surface area contributed by atoms with Gasteiger partial charge >= 0.3 is 0 Å². The van der Waals surface area contributed by atoms with Gasteiger partial charge in [-0.3, -0.25) is 14.3 Å². The number of furan rings is 1. The van der Waals surface area contributed by atoms with Crippen LogP contribution in [0.5, 0.6) is 0 Å². The second kappa shape index (κ2) is 6.08. The molecule has 7 heteroatoms. The highest BCUT2D eigenvalue weighted by Crippen LogP contribution is 2.32. The lowest BCUT2D eigenvalue weighted by atomic mass is 10.1. The van der Waals surface area contributed by atoms with Gasteiger partial charge in [-0.25, -0.2) is 0 Å². The van der Waals surface area contributed by atoms with Gasteiger partial charge in [0.1, 0.15) is 11.3 Å². The third kappa shape index (κ3) is 2.77. The number of amides is 1. The Bertz CT molecular complexity index is 955. The summed E-state index contributed by atoms with van der Waals surface area (Å²) in [7, 11) is 1.85. The van der Waals surface area contributed by atoms with Gasteiger partial charge in [0.15, 0.2) is 0 Å². The smallest absolute Gasteiger partial charge is 0.261 e. The number of nitrogens with zero attached hydrogens (tertiary/aromatic N) is 3. The Morgan fingerprint density at radius 3 is 2.92 bits per heavy atom. The Hall–Kier alpha value is -3.09. The number of hydrogen-bond acceptors (Lipinski definition) is 4. The van der Waals surface area contributed by atoms with Crippen LogP contribution in [0, 0.1) is 0 Å². The van der Waals surface area contributed by atoms with E-state index in [2.05, 4.69) is 10.1 Å². The first-order valence-electron chi connectivity index (χ1n) is 8.20. The molecule has 0 saturated carbocycles. The van der Waals surface area contributed by atoms with E-state index in [1.165, 1.54) is 6.26 Å². The maximum absolute atomic E-state index is 12.9.